The van der Waals surface area contributed by atoms with Crippen molar-refractivity contribution < 1.29 is 5.11 Å². The maximum absolute atomic E-state index is 8.68. The summed E-state index contributed by atoms with van der Waals surface area (Å²) in [5, 5.41) is 12.2. The summed E-state index contributed by atoms with van der Waals surface area (Å²) in [6, 6.07) is 1.11. The predicted octanol–water partition coefficient (Wildman–Crippen LogP) is 2.17. The van der Waals surface area contributed by atoms with E-state index in [0.29, 0.717) is 18.7 Å². The molecule has 3 atom stereocenters. The summed E-state index contributed by atoms with van der Waals surface area (Å²) in [5.74, 6) is 0.733. The Kier molecular flexibility index (Phi) is 7.29. The van der Waals surface area contributed by atoms with E-state index in [2.05, 4.69) is 33.0 Å². The third-order valence-corrected chi connectivity index (χ3v) is 2.84. The highest BCUT2D eigenvalue weighted by molar-refractivity contribution is 4.71. The summed E-state index contributed by atoms with van der Waals surface area (Å²) in [6.07, 6.45) is 3.19. The topological polar surface area (TPSA) is 32.3 Å². The Morgan fingerprint density at radius 1 is 1.23 bits per heavy atom. The molecule has 2 N–H and O–H groups in total. The smallest absolute Gasteiger partial charge is 0.0431 e. The van der Waals surface area contributed by atoms with Gasteiger partial charge >= 0.3 is 0 Å². The van der Waals surface area contributed by atoms with E-state index in [1.807, 2.05) is 0 Å². The van der Waals surface area contributed by atoms with Crippen LogP contribution in [0.2, 0.25) is 0 Å². The van der Waals surface area contributed by atoms with Crippen molar-refractivity contribution in [3.8, 4) is 0 Å². The minimum atomic E-state index is 0.309. The molecule has 0 fully saturated rings. The molecule has 0 radical (unpaired) electrons. The molecule has 0 heterocycles. The van der Waals surface area contributed by atoms with Crippen LogP contribution >= 0.6 is 0 Å². The molecule has 80 valence electrons. The number of hydrogen-bond acceptors (Lipinski definition) is 2. The van der Waals surface area contributed by atoms with Crippen LogP contribution in [-0.2, 0) is 0 Å². The molecule has 13 heavy (non-hydrogen) atoms. The van der Waals surface area contributed by atoms with Crippen LogP contribution in [-0.4, -0.2) is 23.8 Å². The second-order valence-corrected chi connectivity index (χ2v) is 4.11. The van der Waals surface area contributed by atoms with Crippen LogP contribution in [0.15, 0.2) is 0 Å². The Labute approximate surface area is 82.7 Å². The van der Waals surface area contributed by atoms with E-state index in [1.54, 1.807) is 0 Å². The monoisotopic (exact) mass is 187 g/mol. The van der Waals surface area contributed by atoms with E-state index < -0.39 is 0 Å². The van der Waals surface area contributed by atoms with Gasteiger partial charge in [0.05, 0.1) is 0 Å². The zero-order valence-electron chi connectivity index (χ0n) is 9.51. The van der Waals surface area contributed by atoms with Crippen LogP contribution in [0.1, 0.15) is 47.0 Å². The predicted molar refractivity (Wildman–Crippen MR) is 57.8 cm³/mol. The maximum atomic E-state index is 8.68. The Morgan fingerprint density at radius 3 is 2.31 bits per heavy atom. The SMILES string of the molecule is CCC(C)C(C)NC(C)CCCO. The summed E-state index contributed by atoms with van der Waals surface area (Å²) < 4.78 is 0. The van der Waals surface area contributed by atoms with Gasteiger partial charge < -0.3 is 10.4 Å². The van der Waals surface area contributed by atoms with E-state index in [0.717, 1.165) is 18.8 Å². The summed E-state index contributed by atoms with van der Waals surface area (Å²) in [5.41, 5.74) is 0. The maximum Gasteiger partial charge on any atom is 0.0431 e. The summed E-state index contributed by atoms with van der Waals surface area (Å²) in [6.45, 7) is 9.24. The zero-order valence-corrected chi connectivity index (χ0v) is 9.51. The molecular weight excluding hydrogens is 162 g/mol. The molecular formula is C11H25NO. The van der Waals surface area contributed by atoms with Crippen molar-refractivity contribution in [3.63, 3.8) is 0 Å². The number of nitrogens with one attached hydrogen (secondary N) is 1. The van der Waals surface area contributed by atoms with Gasteiger partial charge in [0, 0.05) is 18.7 Å². The number of aliphatic hydroxyl groups is 1. The Hall–Kier alpha value is -0.0800. The van der Waals surface area contributed by atoms with Gasteiger partial charge in [-0.25, -0.2) is 0 Å². The molecule has 0 bridgehead atoms. The number of aliphatic hydroxyl groups excluding tert-OH is 1. The van der Waals surface area contributed by atoms with E-state index >= 15 is 0 Å². The largest absolute Gasteiger partial charge is 0.396 e. The molecule has 2 nitrogen and oxygen atoms in total. The standard InChI is InChI=1S/C11H25NO/c1-5-9(2)11(4)12-10(3)7-6-8-13/h9-13H,5-8H2,1-4H3. The van der Waals surface area contributed by atoms with E-state index in [4.69, 9.17) is 5.11 Å². The molecule has 3 unspecified atom stereocenters. The Balaban J connectivity index is 3.57. The molecule has 0 aliphatic rings. The highest BCUT2D eigenvalue weighted by Gasteiger charge is 2.12. The van der Waals surface area contributed by atoms with Gasteiger partial charge in [-0.15, -0.1) is 0 Å². The first-order valence-corrected chi connectivity index (χ1v) is 5.48. The van der Waals surface area contributed by atoms with Crippen LogP contribution in [0.4, 0.5) is 0 Å². The molecule has 0 rings (SSSR count). The lowest BCUT2D eigenvalue weighted by atomic mass is 9.99. The molecule has 0 aromatic rings. The molecule has 0 aliphatic heterocycles. The molecule has 0 aromatic heterocycles. The molecule has 0 aromatic carbocycles. The summed E-state index contributed by atoms with van der Waals surface area (Å²) in [7, 11) is 0. The highest BCUT2D eigenvalue weighted by atomic mass is 16.2. The normalized spacial score (nSPS) is 18.2. The summed E-state index contributed by atoms with van der Waals surface area (Å²) in [4.78, 5) is 0. The van der Waals surface area contributed by atoms with Gasteiger partial charge in [-0.05, 0) is 32.6 Å². The molecule has 0 saturated carbocycles. The van der Waals surface area contributed by atoms with Crippen LogP contribution in [0.5, 0.6) is 0 Å². The number of rotatable bonds is 7. The molecule has 2 heteroatoms. The van der Waals surface area contributed by atoms with Crippen LogP contribution < -0.4 is 5.32 Å². The average Bonchev–Trinajstić information content (AvgIpc) is 2.13. The summed E-state index contributed by atoms with van der Waals surface area (Å²) >= 11 is 0. The second-order valence-electron chi connectivity index (χ2n) is 4.11. The fourth-order valence-electron chi connectivity index (χ4n) is 1.45. The van der Waals surface area contributed by atoms with Gasteiger partial charge in [0.2, 0.25) is 0 Å². The van der Waals surface area contributed by atoms with Crippen molar-refractivity contribution >= 4 is 0 Å². The van der Waals surface area contributed by atoms with Gasteiger partial charge in [-0.3, -0.25) is 0 Å². The van der Waals surface area contributed by atoms with Gasteiger partial charge in [-0.2, -0.15) is 0 Å². The fourth-order valence-corrected chi connectivity index (χ4v) is 1.45. The minimum absolute atomic E-state index is 0.309. The minimum Gasteiger partial charge on any atom is -0.396 e. The van der Waals surface area contributed by atoms with Crippen molar-refractivity contribution in [2.45, 2.75) is 59.0 Å². The lowest BCUT2D eigenvalue weighted by molar-refractivity contribution is 0.268. The van der Waals surface area contributed by atoms with E-state index in [9.17, 15) is 0 Å². The van der Waals surface area contributed by atoms with E-state index in [-0.39, 0.29) is 0 Å². The highest BCUT2D eigenvalue weighted by Crippen LogP contribution is 2.08. The lowest BCUT2D eigenvalue weighted by Gasteiger charge is -2.24. The molecule has 0 aliphatic carbocycles. The molecule has 0 saturated heterocycles. The van der Waals surface area contributed by atoms with Gasteiger partial charge in [0.15, 0.2) is 0 Å². The third kappa shape index (κ3) is 6.05. The first kappa shape index (κ1) is 12.9. The lowest BCUT2D eigenvalue weighted by Crippen LogP contribution is -2.38. The van der Waals surface area contributed by atoms with Crippen LogP contribution in [0, 0.1) is 5.92 Å². The first-order valence-electron chi connectivity index (χ1n) is 5.48. The third-order valence-electron chi connectivity index (χ3n) is 2.84. The Bertz CT molecular complexity index is 117. The fraction of sp³-hybridized carbons (Fsp3) is 1.00. The van der Waals surface area contributed by atoms with E-state index in [1.165, 1.54) is 6.42 Å². The number of hydrogen-bond donors (Lipinski definition) is 2. The van der Waals surface area contributed by atoms with Crippen LogP contribution in [0.25, 0.3) is 0 Å². The van der Waals surface area contributed by atoms with Gasteiger partial charge in [0.25, 0.3) is 0 Å². The second kappa shape index (κ2) is 7.34. The molecule has 0 amide bonds. The Morgan fingerprint density at radius 2 is 1.85 bits per heavy atom. The van der Waals surface area contributed by atoms with Crippen molar-refractivity contribution in [1.29, 1.82) is 0 Å². The quantitative estimate of drug-likeness (QED) is 0.640. The van der Waals surface area contributed by atoms with Crippen molar-refractivity contribution in [2.24, 2.45) is 5.92 Å². The van der Waals surface area contributed by atoms with Crippen molar-refractivity contribution in [2.75, 3.05) is 6.61 Å². The van der Waals surface area contributed by atoms with Gasteiger partial charge in [0.1, 0.15) is 0 Å². The first-order chi connectivity index (χ1) is 6.11. The van der Waals surface area contributed by atoms with Crippen molar-refractivity contribution in [3.05, 3.63) is 0 Å². The average molecular weight is 187 g/mol. The van der Waals surface area contributed by atoms with Crippen LogP contribution in [0.3, 0.4) is 0 Å². The zero-order chi connectivity index (χ0) is 10.3. The molecule has 0 spiro atoms. The van der Waals surface area contributed by atoms with Crippen molar-refractivity contribution in [1.82, 2.24) is 5.32 Å². The van der Waals surface area contributed by atoms with Gasteiger partial charge in [-0.1, -0.05) is 20.3 Å².